The number of aryl methyl sites for hydroxylation is 1. The fourth-order valence-electron chi connectivity index (χ4n) is 3.38. The maximum absolute atomic E-state index is 12.9. The van der Waals surface area contributed by atoms with Gasteiger partial charge >= 0.3 is 0 Å². The van der Waals surface area contributed by atoms with Crippen molar-refractivity contribution in [3.63, 3.8) is 0 Å². The van der Waals surface area contributed by atoms with Gasteiger partial charge in [0.2, 0.25) is 0 Å². The molecule has 1 saturated heterocycles. The summed E-state index contributed by atoms with van der Waals surface area (Å²) in [5.41, 5.74) is 2.81. The maximum atomic E-state index is 12.9. The smallest absolute Gasteiger partial charge is 0.293 e. The minimum atomic E-state index is -0.253. The van der Waals surface area contributed by atoms with Crippen molar-refractivity contribution < 1.29 is 14.3 Å². The molecule has 4 rings (SSSR count). The Bertz CT molecular complexity index is 1110. The highest BCUT2D eigenvalue weighted by Gasteiger charge is 2.35. The molecule has 0 radical (unpaired) electrons. The molecule has 140 valence electrons. The highest BCUT2D eigenvalue weighted by molar-refractivity contribution is 8.18. The molecule has 0 saturated carbocycles. The quantitative estimate of drug-likeness (QED) is 0.561. The van der Waals surface area contributed by atoms with Crippen LogP contribution in [-0.4, -0.2) is 23.2 Å². The Kier molecular flexibility index (Phi) is 4.92. The lowest BCUT2D eigenvalue weighted by Crippen LogP contribution is -2.27. The van der Waals surface area contributed by atoms with E-state index in [2.05, 4.69) is 0 Å². The molecule has 1 fully saturated rings. The number of fused-ring (bicyclic) bond motifs is 1. The first-order valence-electron chi connectivity index (χ1n) is 8.93. The van der Waals surface area contributed by atoms with E-state index in [1.165, 1.54) is 4.90 Å². The first kappa shape index (κ1) is 18.3. The Labute approximate surface area is 167 Å². The van der Waals surface area contributed by atoms with Crippen LogP contribution in [0.3, 0.4) is 0 Å². The lowest BCUT2D eigenvalue weighted by Gasteiger charge is -2.14. The summed E-state index contributed by atoms with van der Waals surface area (Å²) in [6, 6.07) is 19.6. The van der Waals surface area contributed by atoms with Crippen molar-refractivity contribution in [2.24, 2.45) is 0 Å². The van der Waals surface area contributed by atoms with E-state index in [9.17, 15) is 9.59 Å². The average Bonchev–Trinajstić information content (AvgIpc) is 2.96. The molecule has 0 bridgehead atoms. The molecule has 1 aliphatic heterocycles. The van der Waals surface area contributed by atoms with E-state index in [1.54, 1.807) is 13.2 Å². The minimum absolute atomic E-state index is 0.241. The number of carbonyl (C=O) groups is 2. The van der Waals surface area contributed by atoms with Gasteiger partial charge in [0.1, 0.15) is 5.75 Å². The van der Waals surface area contributed by atoms with Gasteiger partial charge in [0, 0.05) is 0 Å². The summed E-state index contributed by atoms with van der Waals surface area (Å²) in [5, 5.41) is 1.91. The van der Waals surface area contributed by atoms with Crippen LogP contribution in [0.2, 0.25) is 0 Å². The lowest BCUT2D eigenvalue weighted by molar-refractivity contribution is -0.123. The fourth-order valence-corrected chi connectivity index (χ4v) is 4.22. The molecular formula is C23H19NO3S. The molecule has 4 nitrogen and oxygen atoms in total. The number of amides is 2. The second-order valence-electron chi connectivity index (χ2n) is 6.64. The van der Waals surface area contributed by atoms with Crippen molar-refractivity contribution in [3.8, 4) is 5.75 Å². The summed E-state index contributed by atoms with van der Waals surface area (Å²) in [7, 11) is 1.63. The zero-order valence-electron chi connectivity index (χ0n) is 15.6. The van der Waals surface area contributed by atoms with E-state index < -0.39 is 0 Å². The van der Waals surface area contributed by atoms with Gasteiger partial charge in [0.05, 0.1) is 18.6 Å². The Hall–Kier alpha value is -3.05. The first-order valence-corrected chi connectivity index (χ1v) is 9.75. The molecule has 0 unspecified atom stereocenters. The summed E-state index contributed by atoms with van der Waals surface area (Å²) in [6.07, 6.45) is 1.76. The zero-order chi connectivity index (χ0) is 19.7. The number of methoxy groups -OCH3 is 1. The SMILES string of the molecule is COc1ccc(/C=C2/SC(=O)N(Cc3cccc4ccccc34)C2=O)cc1C. The van der Waals surface area contributed by atoms with Crippen molar-refractivity contribution in [1.82, 2.24) is 4.90 Å². The van der Waals surface area contributed by atoms with Gasteiger partial charge in [-0.15, -0.1) is 0 Å². The van der Waals surface area contributed by atoms with Crippen molar-refractivity contribution >= 4 is 39.8 Å². The molecular weight excluding hydrogens is 370 g/mol. The first-order chi connectivity index (χ1) is 13.6. The average molecular weight is 389 g/mol. The number of hydrogen-bond donors (Lipinski definition) is 0. The van der Waals surface area contributed by atoms with Crippen LogP contribution in [0.5, 0.6) is 5.75 Å². The minimum Gasteiger partial charge on any atom is -0.496 e. The third kappa shape index (κ3) is 3.41. The van der Waals surface area contributed by atoms with Gasteiger partial charge in [-0.2, -0.15) is 0 Å². The molecule has 0 N–H and O–H groups in total. The Morgan fingerprint density at radius 3 is 2.61 bits per heavy atom. The highest BCUT2D eigenvalue weighted by atomic mass is 32.2. The van der Waals surface area contributed by atoms with Gasteiger partial charge < -0.3 is 4.74 Å². The predicted octanol–water partition coefficient (Wildman–Crippen LogP) is 5.39. The molecule has 5 heteroatoms. The highest BCUT2D eigenvalue weighted by Crippen LogP contribution is 2.34. The van der Waals surface area contributed by atoms with E-state index in [-0.39, 0.29) is 17.7 Å². The van der Waals surface area contributed by atoms with Crippen LogP contribution in [0.1, 0.15) is 16.7 Å². The number of hydrogen-bond acceptors (Lipinski definition) is 4. The zero-order valence-corrected chi connectivity index (χ0v) is 16.5. The van der Waals surface area contributed by atoms with Gasteiger partial charge in [-0.3, -0.25) is 14.5 Å². The summed E-state index contributed by atoms with van der Waals surface area (Å²) in [4.78, 5) is 27.1. The van der Waals surface area contributed by atoms with Crippen molar-refractivity contribution in [2.75, 3.05) is 7.11 Å². The molecule has 28 heavy (non-hydrogen) atoms. The molecule has 0 aromatic heterocycles. The van der Waals surface area contributed by atoms with Crippen LogP contribution >= 0.6 is 11.8 Å². The molecule has 0 atom stereocenters. The fraction of sp³-hybridized carbons (Fsp3) is 0.130. The number of imide groups is 1. The number of carbonyl (C=O) groups excluding carboxylic acids is 2. The molecule has 3 aromatic rings. The monoisotopic (exact) mass is 389 g/mol. The standard InChI is InChI=1S/C23H19NO3S/c1-15-12-16(10-11-20(15)27-2)13-21-22(25)24(23(26)28-21)14-18-8-5-7-17-6-3-4-9-19(17)18/h3-13H,14H2,1-2H3/b21-13+. The summed E-state index contributed by atoms with van der Waals surface area (Å²) in [5.74, 6) is 0.539. The summed E-state index contributed by atoms with van der Waals surface area (Å²) in [6.45, 7) is 2.22. The molecule has 3 aromatic carbocycles. The molecule has 0 aliphatic carbocycles. The number of thioether (sulfide) groups is 1. The van der Waals surface area contributed by atoms with Crippen molar-refractivity contribution in [1.29, 1.82) is 0 Å². The summed E-state index contributed by atoms with van der Waals surface area (Å²) >= 11 is 0.984. The van der Waals surface area contributed by atoms with E-state index >= 15 is 0 Å². The normalized spacial score (nSPS) is 15.6. The van der Waals surface area contributed by atoms with Gasteiger partial charge in [-0.1, -0.05) is 48.5 Å². The van der Waals surface area contributed by atoms with E-state index in [4.69, 9.17) is 4.74 Å². The van der Waals surface area contributed by atoms with Crippen LogP contribution in [0, 0.1) is 6.92 Å². The van der Waals surface area contributed by atoms with E-state index in [0.29, 0.717) is 4.91 Å². The Morgan fingerprint density at radius 2 is 1.82 bits per heavy atom. The lowest BCUT2D eigenvalue weighted by atomic mass is 10.0. The maximum Gasteiger partial charge on any atom is 0.293 e. The van der Waals surface area contributed by atoms with Gasteiger partial charge in [0.15, 0.2) is 0 Å². The predicted molar refractivity (Wildman–Crippen MR) is 113 cm³/mol. The van der Waals surface area contributed by atoms with Gasteiger partial charge in [-0.25, -0.2) is 0 Å². The third-order valence-electron chi connectivity index (χ3n) is 4.80. The van der Waals surface area contributed by atoms with Crippen LogP contribution in [0.15, 0.2) is 65.6 Å². The third-order valence-corrected chi connectivity index (χ3v) is 5.71. The van der Waals surface area contributed by atoms with E-state index in [1.807, 2.05) is 67.6 Å². The van der Waals surface area contributed by atoms with E-state index in [0.717, 1.165) is 45.0 Å². The van der Waals surface area contributed by atoms with Crippen molar-refractivity contribution in [2.45, 2.75) is 13.5 Å². The van der Waals surface area contributed by atoms with Crippen LogP contribution in [0.25, 0.3) is 16.8 Å². The molecule has 1 aliphatic rings. The number of benzene rings is 3. The molecule has 0 spiro atoms. The second kappa shape index (κ2) is 7.52. The van der Waals surface area contributed by atoms with Gasteiger partial charge in [0.25, 0.3) is 11.1 Å². The largest absolute Gasteiger partial charge is 0.496 e. The number of nitrogens with zero attached hydrogens (tertiary/aromatic N) is 1. The second-order valence-corrected chi connectivity index (χ2v) is 7.63. The van der Waals surface area contributed by atoms with Crippen LogP contribution in [-0.2, 0) is 11.3 Å². The van der Waals surface area contributed by atoms with Crippen molar-refractivity contribution in [3.05, 3.63) is 82.3 Å². The topological polar surface area (TPSA) is 46.6 Å². The molecule has 2 amide bonds. The van der Waals surface area contributed by atoms with Crippen LogP contribution in [0.4, 0.5) is 4.79 Å². The molecule has 1 heterocycles. The van der Waals surface area contributed by atoms with Crippen LogP contribution < -0.4 is 4.74 Å². The number of ether oxygens (including phenoxy) is 1. The Balaban J connectivity index is 1.61. The Morgan fingerprint density at radius 1 is 1.04 bits per heavy atom. The van der Waals surface area contributed by atoms with Gasteiger partial charge in [-0.05, 0) is 64.4 Å². The number of rotatable bonds is 4. The summed E-state index contributed by atoms with van der Waals surface area (Å²) < 4.78 is 5.27.